The van der Waals surface area contributed by atoms with Crippen LogP contribution in [0.25, 0.3) is 0 Å². The number of hydrogen-bond acceptors (Lipinski definition) is 3. The summed E-state index contributed by atoms with van der Waals surface area (Å²) in [5.74, 6) is 0.849. The van der Waals surface area contributed by atoms with E-state index in [1.807, 2.05) is 54.5 Å². The molecule has 0 bridgehead atoms. The van der Waals surface area contributed by atoms with Crippen LogP contribution >= 0.6 is 12.2 Å². The summed E-state index contributed by atoms with van der Waals surface area (Å²) < 4.78 is 5.21. The van der Waals surface area contributed by atoms with Gasteiger partial charge in [-0.2, -0.15) is 0 Å². The molecule has 0 saturated heterocycles. The summed E-state index contributed by atoms with van der Waals surface area (Å²) in [6.45, 7) is 0.571. The molecule has 4 nitrogen and oxygen atoms in total. The van der Waals surface area contributed by atoms with Crippen molar-refractivity contribution < 1.29 is 4.42 Å². The van der Waals surface area contributed by atoms with Crippen molar-refractivity contribution in [3.05, 3.63) is 54.5 Å². The highest BCUT2D eigenvalue weighted by atomic mass is 32.1. The minimum absolute atomic E-state index is 0.553. The van der Waals surface area contributed by atoms with E-state index in [2.05, 4.69) is 10.7 Å². The van der Waals surface area contributed by atoms with Gasteiger partial charge in [-0.3, -0.25) is 10.4 Å². The molecule has 0 saturated carbocycles. The number of hydrogen-bond donors (Lipinski definition) is 2. The van der Waals surface area contributed by atoms with E-state index in [0.717, 1.165) is 11.4 Å². The van der Waals surface area contributed by atoms with E-state index in [9.17, 15) is 0 Å². The summed E-state index contributed by atoms with van der Waals surface area (Å²) in [7, 11) is 1.91. The molecule has 2 aromatic rings. The highest BCUT2D eigenvalue weighted by molar-refractivity contribution is 7.80. The van der Waals surface area contributed by atoms with Gasteiger partial charge in [-0.25, -0.2) is 0 Å². The molecule has 0 aliphatic heterocycles. The number of hydrazine groups is 1. The fraction of sp³-hybridized carbons (Fsp3) is 0.154. The third kappa shape index (κ3) is 3.49. The SMILES string of the molecule is CN(NC(=S)NCc1ccco1)c1ccccc1. The normalized spacial score (nSPS) is 9.83. The van der Waals surface area contributed by atoms with Crippen molar-refractivity contribution in [3.8, 4) is 0 Å². The van der Waals surface area contributed by atoms with Crippen LogP contribution in [-0.2, 0) is 6.54 Å². The zero-order valence-electron chi connectivity index (χ0n) is 10.1. The highest BCUT2D eigenvalue weighted by Gasteiger charge is 2.02. The summed E-state index contributed by atoms with van der Waals surface area (Å²) in [6.07, 6.45) is 1.64. The van der Waals surface area contributed by atoms with Crippen molar-refractivity contribution in [1.82, 2.24) is 10.7 Å². The summed E-state index contributed by atoms with van der Waals surface area (Å²) in [5, 5.41) is 5.48. The molecule has 1 aromatic carbocycles. The maximum Gasteiger partial charge on any atom is 0.185 e. The van der Waals surface area contributed by atoms with Crippen LogP contribution in [-0.4, -0.2) is 12.2 Å². The number of para-hydroxylation sites is 1. The average Bonchev–Trinajstić information content (AvgIpc) is 2.90. The summed E-state index contributed by atoms with van der Waals surface area (Å²) in [5.41, 5.74) is 4.11. The van der Waals surface area contributed by atoms with Gasteiger partial charge in [0.15, 0.2) is 5.11 Å². The lowest BCUT2D eigenvalue weighted by atomic mass is 10.3. The second-order valence-electron chi connectivity index (χ2n) is 3.77. The first-order valence-electron chi connectivity index (χ1n) is 5.61. The van der Waals surface area contributed by atoms with Crippen LogP contribution < -0.4 is 15.8 Å². The molecular formula is C13H15N3OS. The molecule has 5 heteroatoms. The molecule has 0 aliphatic rings. The van der Waals surface area contributed by atoms with Crippen LogP contribution in [0, 0.1) is 0 Å². The van der Waals surface area contributed by atoms with Crippen LogP contribution in [0.1, 0.15) is 5.76 Å². The molecule has 18 heavy (non-hydrogen) atoms. The zero-order valence-corrected chi connectivity index (χ0v) is 10.9. The Hall–Kier alpha value is -2.01. The minimum Gasteiger partial charge on any atom is -0.467 e. The van der Waals surface area contributed by atoms with Gasteiger partial charge >= 0.3 is 0 Å². The number of thiocarbonyl (C=S) groups is 1. The Morgan fingerprint density at radius 3 is 2.67 bits per heavy atom. The van der Waals surface area contributed by atoms with E-state index in [4.69, 9.17) is 16.6 Å². The summed E-state index contributed by atoms with van der Waals surface area (Å²) in [6, 6.07) is 13.7. The lowest BCUT2D eigenvalue weighted by Crippen LogP contribution is -2.45. The Morgan fingerprint density at radius 1 is 1.22 bits per heavy atom. The van der Waals surface area contributed by atoms with Gasteiger partial charge in [0.25, 0.3) is 0 Å². The fourth-order valence-electron chi connectivity index (χ4n) is 1.49. The molecule has 0 amide bonds. The molecule has 0 aliphatic carbocycles. The van der Waals surface area contributed by atoms with Gasteiger partial charge in [0.1, 0.15) is 5.76 Å². The molecule has 1 aromatic heterocycles. The van der Waals surface area contributed by atoms with Gasteiger partial charge in [-0.15, -0.1) is 0 Å². The first-order chi connectivity index (χ1) is 8.75. The number of rotatable bonds is 4. The second kappa shape index (κ2) is 6.07. The number of benzene rings is 1. The van der Waals surface area contributed by atoms with E-state index in [1.165, 1.54) is 0 Å². The van der Waals surface area contributed by atoms with Gasteiger partial charge < -0.3 is 9.73 Å². The number of furan rings is 1. The van der Waals surface area contributed by atoms with E-state index < -0.39 is 0 Å². The molecule has 0 atom stereocenters. The standard InChI is InChI=1S/C13H15N3OS/c1-16(11-6-3-2-4-7-11)15-13(18)14-10-12-8-5-9-17-12/h2-9H,10H2,1H3,(H2,14,15,18). The third-order valence-electron chi connectivity index (χ3n) is 2.42. The van der Waals surface area contributed by atoms with Crippen molar-refractivity contribution >= 4 is 23.0 Å². The van der Waals surface area contributed by atoms with Gasteiger partial charge in [-0.05, 0) is 36.5 Å². The van der Waals surface area contributed by atoms with Crippen molar-refractivity contribution in [3.63, 3.8) is 0 Å². The first-order valence-corrected chi connectivity index (χ1v) is 6.02. The topological polar surface area (TPSA) is 40.4 Å². The van der Waals surface area contributed by atoms with Gasteiger partial charge in [-0.1, -0.05) is 18.2 Å². The van der Waals surface area contributed by atoms with Crippen LogP contribution in [0.15, 0.2) is 53.1 Å². The lowest BCUT2D eigenvalue weighted by Gasteiger charge is -2.22. The number of anilines is 1. The molecule has 2 rings (SSSR count). The van der Waals surface area contributed by atoms with Crippen LogP contribution in [0.3, 0.4) is 0 Å². The average molecular weight is 261 g/mol. The molecule has 0 radical (unpaired) electrons. The van der Waals surface area contributed by atoms with Crippen molar-refractivity contribution in [2.75, 3.05) is 12.1 Å². The quantitative estimate of drug-likeness (QED) is 0.653. The van der Waals surface area contributed by atoms with Gasteiger partial charge in [0.2, 0.25) is 0 Å². The number of nitrogens with zero attached hydrogens (tertiary/aromatic N) is 1. The number of nitrogens with one attached hydrogen (secondary N) is 2. The van der Waals surface area contributed by atoms with Crippen LogP contribution in [0.5, 0.6) is 0 Å². The van der Waals surface area contributed by atoms with E-state index >= 15 is 0 Å². The zero-order chi connectivity index (χ0) is 12.8. The minimum atomic E-state index is 0.553. The third-order valence-corrected chi connectivity index (χ3v) is 2.65. The first kappa shape index (κ1) is 12.4. The van der Waals surface area contributed by atoms with E-state index in [1.54, 1.807) is 6.26 Å². The predicted molar refractivity (Wildman–Crippen MR) is 76.1 cm³/mol. The molecule has 0 unspecified atom stereocenters. The summed E-state index contributed by atoms with van der Waals surface area (Å²) in [4.78, 5) is 0. The van der Waals surface area contributed by atoms with Crippen molar-refractivity contribution in [2.45, 2.75) is 6.54 Å². The Balaban J connectivity index is 1.80. The lowest BCUT2D eigenvalue weighted by molar-refractivity contribution is 0.502. The Bertz CT molecular complexity index is 484. The molecular weight excluding hydrogens is 246 g/mol. The van der Waals surface area contributed by atoms with Crippen LogP contribution in [0.4, 0.5) is 5.69 Å². The molecule has 2 N–H and O–H groups in total. The summed E-state index contributed by atoms with van der Waals surface area (Å²) >= 11 is 5.20. The second-order valence-corrected chi connectivity index (χ2v) is 4.18. The van der Waals surface area contributed by atoms with E-state index in [0.29, 0.717) is 11.7 Å². The molecule has 1 heterocycles. The molecule has 94 valence electrons. The Kier molecular flexibility index (Phi) is 4.20. The molecule has 0 fully saturated rings. The fourth-order valence-corrected chi connectivity index (χ4v) is 1.70. The van der Waals surface area contributed by atoms with Crippen molar-refractivity contribution in [1.29, 1.82) is 0 Å². The molecule has 0 spiro atoms. The Labute approximate surface area is 112 Å². The monoisotopic (exact) mass is 261 g/mol. The van der Waals surface area contributed by atoms with Gasteiger partial charge in [0, 0.05) is 7.05 Å². The smallest absolute Gasteiger partial charge is 0.185 e. The maximum absolute atomic E-state index is 5.21. The van der Waals surface area contributed by atoms with E-state index in [-0.39, 0.29) is 0 Å². The largest absolute Gasteiger partial charge is 0.467 e. The van der Waals surface area contributed by atoms with Crippen molar-refractivity contribution in [2.24, 2.45) is 0 Å². The Morgan fingerprint density at radius 2 is 2.00 bits per heavy atom. The van der Waals surface area contributed by atoms with Gasteiger partial charge in [0.05, 0.1) is 18.5 Å². The van der Waals surface area contributed by atoms with Crippen LogP contribution in [0.2, 0.25) is 0 Å². The highest BCUT2D eigenvalue weighted by Crippen LogP contribution is 2.08. The maximum atomic E-state index is 5.21. The predicted octanol–water partition coefficient (Wildman–Crippen LogP) is 2.30.